The summed E-state index contributed by atoms with van der Waals surface area (Å²) < 4.78 is 4.89. The summed E-state index contributed by atoms with van der Waals surface area (Å²) >= 11 is 0. The quantitative estimate of drug-likeness (QED) is 0.392. The van der Waals surface area contributed by atoms with Gasteiger partial charge in [-0.05, 0) is 24.1 Å². The summed E-state index contributed by atoms with van der Waals surface area (Å²) in [7, 11) is 0. The number of aliphatic carboxylic acids is 2. The van der Waals surface area contributed by atoms with E-state index in [0.29, 0.717) is 5.56 Å². The highest BCUT2D eigenvalue weighted by molar-refractivity contribution is 5.85. The van der Waals surface area contributed by atoms with Crippen LogP contribution in [-0.2, 0) is 20.8 Å². The van der Waals surface area contributed by atoms with Gasteiger partial charge in [-0.15, -0.1) is 0 Å². The van der Waals surface area contributed by atoms with E-state index in [1.54, 1.807) is 12.1 Å². The number of hydrogen-bond acceptors (Lipinski definition) is 8. The van der Waals surface area contributed by atoms with Crippen LogP contribution in [0, 0.1) is 0 Å². The summed E-state index contributed by atoms with van der Waals surface area (Å²) in [4.78, 5) is 37.4. The molecule has 1 aromatic rings. The highest BCUT2D eigenvalue weighted by Gasteiger charge is 2.23. The maximum absolute atomic E-state index is 11.6. The normalized spacial score (nSPS) is 11.8. The lowest BCUT2D eigenvalue weighted by molar-refractivity contribution is -0.492. The smallest absolute Gasteiger partial charge is 0.413 e. The number of carbonyl (C=O) groups is 3. The van der Waals surface area contributed by atoms with Crippen LogP contribution in [0.25, 0.3) is 0 Å². The fourth-order valence-corrected chi connectivity index (χ4v) is 1.66. The van der Waals surface area contributed by atoms with E-state index >= 15 is 0 Å². The Kier molecular flexibility index (Phi) is 7.58. The summed E-state index contributed by atoms with van der Waals surface area (Å²) in [5, 5.41) is 35.7. The summed E-state index contributed by atoms with van der Waals surface area (Å²) in [5.41, 5.74) is 0.641. The van der Waals surface area contributed by atoms with Crippen LogP contribution in [-0.4, -0.2) is 56.7 Å². The number of amides is 1. The Morgan fingerprint density at radius 2 is 1.92 bits per heavy atom. The minimum atomic E-state index is -1.62. The first-order valence-electron chi connectivity index (χ1n) is 6.60. The summed E-state index contributed by atoms with van der Waals surface area (Å²) in [6.07, 6.45) is -1.64. The van der Waals surface area contributed by atoms with E-state index in [1.165, 1.54) is 12.1 Å². The van der Waals surface area contributed by atoms with Crippen LogP contribution < -0.4 is 10.1 Å². The Morgan fingerprint density at radius 1 is 1.21 bits per heavy atom. The second kappa shape index (κ2) is 9.42. The second-order valence-electron chi connectivity index (χ2n) is 4.51. The predicted octanol–water partition coefficient (Wildman–Crippen LogP) is 0.257. The molecule has 0 spiro atoms. The standard InChI is InChI=1S/C13H16N2O9/c16-11(17)7-10(12(18)19)14-13(20)24-9-3-1-2-8(6-9)4-5-23-15(21)22/h1-3,6,10,21-22H,4-5,7H2,(H,14,20)(H,16,17)(H,18,19). The van der Waals surface area contributed by atoms with Gasteiger partial charge < -0.3 is 20.3 Å². The Balaban J connectivity index is 2.59. The molecule has 1 amide bonds. The number of ether oxygens (including phenoxy) is 1. The Morgan fingerprint density at radius 3 is 2.50 bits per heavy atom. The maximum Gasteiger partial charge on any atom is 0.413 e. The highest BCUT2D eigenvalue weighted by Crippen LogP contribution is 2.14. The predicted molar refractivity (Wildman–Crippen MR) is 74.3 cm³/mol. The van der Waals surface area contributed by atoms with E-state index in [4.69, 9.17) is 25.4 Å². The van der Waals surface area contributed by atoms with Crippen LogP contribution in [0.4, 0.5) is 4.79 Å². The lowest BCUT2D eigenvalue weighted by Crippen LogP contribution is -2.43. The zero-order valence-electron chi connectivity index (χ0n) is 12.3. The topological polar surface area (TPSA) is 166 Å². The molecule has 1 atom stereocenters. The van der Waals surface area contributed by atoms with Gasteiger partial charge in [0.1, 0.15) is 11.8 Å². The second-order valence-corrected chi connectivity index (χ2v) is 4.51. The summed E-state index contributed by atoms with van der Waals surface area (Å²) in [6, 6.07) is 4.49. The molecule has 0 fully saturated rings. The van der Waals surface area contributed by atoms with Gasteiger partial charge in [0.05, 0.1) is 18.4 Å². The first-order valence-corrected chi connectivity index (χ1v) is 6.60. The van der Waals surface area contributed by atoms with Crippen molar-refractivity contribution in [1.29, 1.82) is 0 Å². The number of rotatable bonds is 9. The van der Waals surface area contributed by atoms with Gasteiger partial charge in [0.25, 0.3) is 0 Å². The van der Waals surface area contributed by atoms with Gasteiger partial charge in [-0.3, -0.25) is 20.0 Å². The fraction of sp³-hybridized carbons (Fsp3) is 0.308. The molecule has 0 aliphatic carbocycles. The molecule has 5 N–H and O–H groups in total. The molecule has 0 saturated carbocycles. The first-order chi connectivity index (χ1) is 11.3. The van der Waals surface area contributed by atoms with Crippen LogP contribution in [0.1, 0.15) is 12.0 Å². The number of nitrogens with one attached hydrogen (secondary N) is 1. The van der Waals surface area contributed by atoms with Gasteiger partial charge in [0.15, 0.2) is 0 Å². The molecule has 0 radical (unpaired) electrons. The van der Waals surface area contributed by atoms with Gasteiger partial charge in [-0.1, -0.05) is 12.1 Å². The number of benzene rings is 1. The molecule has 11 heteroatoms. The average molecular weight is 344 g/mol. The molecular formula is C13H16N2O9. The molecule has 0 aromatic heterocycles. The van der Waals surface area contributed by atoms with E-state index in [-0.39, 0.29) is 18.8 Å². The van der Waals surface area contributed by atoms with Crippen molar-refractivity contribution in [3.8, 4) is 5.75 Å². The molecule has 0 aliphatic rings. The molecule has 0 saturated heterocycles. The minimum Gasteiger partial charge on any atom is -0.481 e. The van der Waals surface area contributed by atoms with Crippen LogP contribution in [0.5, 0.6) is 5.75 Å². The van der Waals surface area contributed by atoms with Crippen molar-refractivity contribution < 1.29 is 44.6 Å². The third-order valence-electron chi connectivity index (χ3n) is 2.68. The van der Waals surface area contributed by atoms with Gasteiger partial charge in [0, 0.05) is 0 Å². The molecule has 0 bridgehead atoms. The van der Waals surface area contributed by atoms with Crippen LogP contribution >= 0.6 is 0 Å². The summed E-state index contributed by atoms with van der Waals surface area (Å²) in [6.45, 7) is -0.0532. The number of hydrogen-bond donors (Lipinski definition) is 5. The molecule has 1 aromatic carbocycles. The number of carboxylic acid groups (broad SMARTS) is 2. The van der Waals surface area contributed by atoms with E-state index in [2.05, 4.69) is 4.84 Å². The van der Waals surface area contributed by atoms with Crippen LogP contribution in [0.15, 0.2) is 24.3 Å². The lowest BCUT2D eigenvalue weighted by atomic mass is 10.1. The molecule has 0 heterocycles. The van der Waals surface area contributed by atoms with Crippen LogP contribution in [0.2, 0.25) is 0 Å². The number of carboxylic acids is 2. The van der Waals surface area contributed by atoms with E-state index in [1.807, 2.05) is 5.32 Å². The Labute approximate surface area is 135 Å². The van der Waals surface area contributed by atoms with E-state index in [9.17, 15) is 14.4 Å². The molecular weight excluding hydrogens is 328 g/mol. The largest absolute Gasteiger partial charge is 0.481 e. The van der Waals surface area contributed by atoms with E-state index in [0.717, 1.165) is 0 Å². The van der Waals surface area contributed by atoms with Crippen molar-refractivity contribution in [2.24, 2.45) is 0 Å². The monoisotopic (exact) mass is 344 g/mol. The first kappa shape index (κ1) is 19.3. The van der Waals surface area contributed by atoms with Crippen molar-refractivity contribution in [2.45, 2.75) is 18.9 Å². The Hall–Kier alpha value is -2.73. The third kappa shape index (κ3) is 7.51. The molecule has 24 heavy (non-hydrogen) atoms. The average Bonchev–Trinajstić information content (AvgIpc) is 2.45. The van der Waals surface area contributed by atoms with Gasteiger partial charge in [-0.2, -0.15) is 0 Å². The zero-order valence-corrected chi connectivity index (χ0v) is 12.3. The van der Waals surface area contributed by atoms with Crippen molar-refractivity contribution >= 4 is 18.0 Å². The van der Waals surface area contributed by atoms with Crippen LogP contribution in [0.3, 0.4) is 0 Å². The molecule has 1 rings (SSSR count). The fourth-order valence-electron chi connectivity index (χ4n) is 1.66. The van der Waals surface area contributed by atoms with Gasteiger partial charge in [0.2, 0.25) is 0 Å². The number of nitrogens with zero attached hydrogens (tertiary/aromatic N) is 1. The maximum atomic E-state index is 11.6. The third-order valence-corrected chi connectivity index (χ3v) is 2.68. The zero-order chi connectivity index (χ0) is 18.1. The molecule has 132 valence electrons. The summed E-state index contributed by atoms with van der Waals surface area (Å²) in [5.74, 6) is -2.79. The SMILES string of the molecule is O=C(O)CC(NC(=O)Oc1cccc(CCON(O)O)c1)C(=O)O. The van der Waals surface area contributed by atoms with E-state index < -0.39 is 35.9 Å². The molecule has 11 nitrogen and oxygen atoms in total. The van der Waals surface area contributed by atoms with Crippen molar-refractivity contribution in [3.05, 3.63) is 29.8 Å². The highest BCUT2D eigenvalue weighted by atomic mass is 17.1. The number of carbonyl (C=O) groups excluding carboxylic acids is 1. The van der Waals surface area contributed by atoms with Gasteiger partial charge >= 0.3 is 18.0 Å². The van der Waals surface area contributed by atoms with Crippen molar-refractivity contribution in [2.75, 3.05) is 6.61 Å². The lowest BCUT2D eigenvalue weighted by Gasteiger charge is -2.13. The molecule has 1 unspecified atom stereocenters. The van der Waals surface area contributed by atoms with Crippen molar-refractivity contribution in [3.63, 3.8) is 0 Å². The molecule has 0 aliphatic heterocycles. The Bertz CT molecular complexity index is 591. The van der Waals surface area contributed by atoms with Crippen molar-refractivity contribution in [1.82, 2.24) is 10.7 Å². The minimum absolute atomic E-state index is 0.0532. The van der Waals surface area contributed by atoms with Gasteiger partial charge in [-0.25, -0.2) is 9.59 Å².